The molecule has 7 heteroatoms. The number of piperidine rings is 1. The van der Waals surface area contributed by atoms with Crippen LogP contribution in [0.25, 0.3) is 0 Å². The normalized spacial score (nSPS) is 19.7. The van der Waals surface area contributed by atoms with Crippen molar-refractivity contribution in [3.05, 3.63) is 43.0 Å². The van der Waals surface area contributed by atoms with Crippen LogP contribution in [0.3, 0.4) is 0 Å². The molecule has 1 saturated heterocycles. The number of carbonyl (C=O) groups excluding carboxylic acids is 2. The van der Waals surface area contributed by atoms with Gasteiger partial charge >= 0.3 is 0 Å². The lowest BCUT2D eigenvalue weighted by molar-refractivity contribution is -0.137. The molecule has 2 N–H and O–H groups in total. The van der Waals surface area contributed by atoms with Gasteiger partial charge in [0.2, 0.25) is 11.8 Å². The van der Waals surface area contributed by atoms with Crippen molar-refractivity contribution in [2.45, 2.75) is 31.3 Å². The van der Waals surface area contributed by atoms with Gasteiger partial charge < -0.3 is 20.1 Å². The second-order valence-electron chi connectivity index (χ2n) is 6.72. The number of nitrogens with one attached hydrogen (secondary N) is 2. The summed E-state index contributed by atoms with van der Waals surface area (Å²) in [5.74, 6) is 0.0467. The summed E-state index contributed by atoms with van der Waals surface area (Å²) >= 11 is 0. The number of para-hydroxylation sites is 2. The SMILES string of the molecule is C[C@@H](C(=O)N1CCC2(CC1)Nc1ccccc1NC2=O)n1ccnc1. The largest absolute Gasteiger partial charge is 0.369 e. The molecule has 2 aromatic rings. The van der Waals surface area contributed by atoms with E-state index < -0.39 is 5.54 Å². The highest BCUT2D eigenvalue weighted by atomic mass is 16.2. The number of anilines is 2. The number of hydrogen-bond donors (Lipinski definition) is 2. The van der Waals surface area contributed by atoms with Gasteiger partial charge in [0.1, 0.15) is 11.6 Å². The zero-order valence-corrected chi connectivity index (χ0v) is 14.1. The molecule has 1 spiro atoms. The molecule has 25 heavy (non-hydrogen) atoms. The Kier molecular flexibility index (Phi) is 3.71. The Labute approximate surface area is 146 Å². The highest BCUT2D eigenvalue weighted by Crippen LogP contribution is 2.36. The molecule has 2 amide bonds. The third-order valence-electron chi connectivity index (χ3n) is 5.24. The third-order valence-corrected chi connectivity index (χ3v) is 5.24. The number of benzene rings is 1. The van der Waals surface area contributed by atoms with Crippen LogP contribution in [0.15, 0.2) is 43.0 Å². The average molecular weight is 339 g/mol. The summed E-state index contributed by atoms with van der Waals surface area (Å²) in [6.07, 6.45) is 6.30. The number of amides is 2. The molecule has 2 aliphatic heterocycles. The topological polar surface area (TPSA) is 79.3 Å². The van der Waals surface area contributed by atoms with Gasteiger partial charge in [0.25, 0.3) is 0 Å². The summed E-state index contributed by atoms with van der Waals surface area (Å²) < 4.78 is 1.80. The zero-order valence-electron chi connectivity index (χ0n) is 14.1. The summed E-state index contributed by atoms with van der Waals surface area (Å²) in [5.41, 5.74) is 1.11. The van der Waals surface area contributed by atoms with Crippen molar-refractivity contribution in [1.82, 2.24) is 14.5 Å². The van der Waals surface area contributed by atoms with Crippen LogP contribution in [0.1, 0.15) is 25.8 Å². The molecule has 0 aliphatic carbocycles. The van der Waals surface area contributed by atoms with Crippen molar-refractivity contribution in [2.75, 3.05) is 23.7 Å². The fourth-order valence-electron chi connectivity index (χ4n) is 3.61. The number of carbonyl (C=O) groups is 2. The van der Waals surface area contributed by atoms with Crippen LogP contribution >= 0.6 is 0 Å². The molecule has 0 radical (unpaired) electrons. The Bertz CT molecular complexity index is 794. The van der Waals surface area contributed by atoms with Crippen LogP contribution in [-0.2, 0) is 9.59 Å². The maximum atomic E-state index is 12.7. The van der Waals surface area contributed by atoms with Crippen molar-refractivity contribution < 1.29 is 9.59 Å². The third kappa shape index (κ3) is 2.65. The first-order chi connectivity index (χ1) is 12.1. The van der Waals surface area contributed by atoms with Crippen molar-refractivity contribution in [2.24, 2.45) is 0 Å². The average Bonchev–Trinajstić information content (AvgIpc) is 3.17. The van der Waals surface area contributed by atoms with Crippen LogP contribution in [0, 0.1) is 0 Å². The minimum atomic E-state index is -0.636. The number of nitrogens with zero attached hydrogens (tertiary/aromatic N) is 3. The lowest BCUT2D eigenvalue weighted by atomic mass is 9.84. The molecule has 0 bridgehead atoms. The van der Waals surface area contributed by atoms with Crippen LogP contribution < -0.4 is 10.6 Å². The molecule has 1 aromatic carbocycles. The summed E-state index contributed by atoms with van der Waals surface area (Å²) in [7, 11) is 0. The number of likely N-dealkylation sites (tertiary alicyclic amines) is 1. The fourth-order valence-corrected chi connectivity index (χ4v) is 3.61. The predicted octanol–water partition coefficient (Wildman–Crippen LogP) is 1.87. The minimum Gasteiger partial charge on any atom is -0.369 e. The van der Waals surface area contributed by atoms with E-state index in [9.17, 15) is 9.59 Å². The maximum Gasteiger partial charge on any atom is 0.250 e. The Hall–Kier alpha value is -2.83. The second-order valence-corrected chi connectivity index (χ2v) is 6.72. The van der Waals surface area contributed by atoms with Crippen LogP contribution in [0.2, 0.25) is 0 Å². The van der Waals surface area contributed by atoms with E-state index in [1.165, 1.54) is 0 Å². The number of imidazole rings is 1. The van der Waals surface area contributed by atoms with Gasteiger partial charge in [-0.15, -0.1) is 0 Å². The van der Waals surface area contributed by atoms with E-state index in [2.05, 4.69) is 15.6 Å². The molecule has 7 nitrogen and oxygen atoms in total. The first kappa shape index (κ1) is 15.7. The van der Waals surface area contributed by atoms with Crippen molar-refractivity contribution in [3.8, 4) is 0 Å². The molecule has 1 fully saturated rings. The Morgan fingerprint density at radius 2 is 1.96 bits per heavy atom. The highest BCUT2D eigenvalue weighted by molar-refractivity contribution is 6.06. The lowest BCUT2D eigenvalue weighted by Gasteiger charge is -2.44. The smallest absolute Gasteiger partial charge is 0.250 e. The highest BCUT2D eigenvalue weighted by Gasteiger charge is 2.45. The predicted molar refractivity (Wildman–Crippen MR) is 94.2 cm³/mol. The molecule has 4 rings (SSSR count). The van der Waals surface area contributed by atoms with E-state index in [1.807, 2.05) is 36.1 Å². The molecule has 3 heterocycles. The van der Waals surface area contributed by atoms with Crippen LogP contribution in [-0.4, -0.2) is 44.9 Å². The second kappa shape index (κ2) is 5.91. The zero-order chi connectivity index (χ0) is 17.4. The first-order valence-electron chi connectivity index (χ1n) is 8.54. The number of rotatable bonds is 2. The van der Waals surface area contributed by atoms with Gasteiger partial charge in [-0.25, -0.2) is 4.98 Å². The van der Waals surface area contributed by atoms with Gasteiger partial charge in [0.15, 0.2) is 0 Å². The van der Waals surface area contributed by atoms with Crippen LogP contribution in [0.5, 0.6) is 0 Å². The van der Waals surface area contributed by atoms with E-state index in [0.29, 0.717) is 25.9 Å². The van der Waals surface area contributed by atoms with E-state index in [4.69, 9.17) is 0 Å². The molecule has 0 saturated carbocycles. The molecule has 2 aliphatic rings. The van der Waals surface area contributed by atoms with Gasteiger partial charge in [-0.3, -0.25) is 9.59 Å². The molecule has 1 atom stereocenters. The number of hydrogen-bond acceptors (Lipinski definition) is 4. The summed E-state index contributed by atoms with van der Waals surface area (Å²) in [4.78, 5) is 31.2. The van der Waals surface area contributed by atoms with E-state index in [1.54, 1.807) is 23.3 Å². The molecule has 1 aromatic heterocycles. The van der Waals surface area contributed by atoms with Crippen molar-refractivity contribution >= 4 is 23.2 Å². The molecule has 130 valence electrons. The standard InChI is InChI=1S/C18H21N5O2/c1-13(23-11-8-19-12-23)16(24)22-9-6-18(7-10-22)17(25)20-14-4-2-3-5-15(14)21-18/h2-5,8,11-13,21H,6-7,9-10H2,1H3,(H,20,25)/t13-/m0/s1. The van der Waals surface area contributed by atoms with E-state index in [0.717, 1.165) is 11.4 Å². The summed E-state index contributed by atoms with van der Waals surface area (Å²) in [6.45, 7) is 2.98. The Morgan fingerprint density at radius 1 is 1.24 bits per heavy atom. The summed E-state index contributed by atoms with van der Waals surface area (Å²) in [5, 5.41) is 6.41. The van der Waals surface area contributed by atoms with Gasteiger partial charge in [-0.2, -0.15) is 0 Å². The van der Waals surface area contributed by atoms with Gasteiger partial charge in [0, 0.05) is 25.5 Å². The van der Waals surface area contributed by atoms with E-state index in [-0.39, 0.29) is 17.9 Å². The van der Waals surface area contributed by atoms with E-state index >= 15 is 0 Å². The van der Waals surface area contributed by atoms with Crippen LogP contribution in [0.4, 0.5) is 11.4 Å². The maximum absolute atomic E-state index is 12.7. The minimum absolute atomic E-state index is 0.0130. The van der Waals surface area contributed by atoms with Gasteiger partial charge in [-0.1, -0.05) is 12.1 Å². The quantitative estimate of drug-likeness (QED) is 0.875. The molecular weight excluding hydrogens is 318 g/mol. The number of fused-ring (bicyclic) bond motifs is 1. The fraction of sp³-hybridized carbons (Fsp3) is 0.389. The molecule has 0 unspecified atom stereocenters. The van der Waals surface area contributed by atoms with Gasteiger partial charge in [0.05, 0.1) is 17.7 Å². The number of aromatic nitrogens is 2. The lowest BCUT2D eigenvalue weighted by Crippen LogP contribution is -2.59. The first-order valence-corrected chi connectivity index (χ1v) is 8.54. The Morgan fingerprint density at radius 3 is 2.64 bits per heavy atom. The molecular formula is C18H21N5O2. The summed E-state index contributed by atoms with van der Waals surface area (Å²) in [6, 6.07) is 7.42. The Balaban J connectivity index is 1.46. The van der Waals surface area contributed by atoms with Gasteiger partial charge in [-0.05, 0) is 31.9 Å². The monoisotopic (exact) mass is 339 g/mol. The van der Waals surface area contributed by atoms with Crippen molar-refractivity contribution in [1.29, 1.82) is 0 Å². The van der Waals surface area contributed by atoms with Crippen molar-refractivity contribution in [3.63, 3.8) is 0 Å².